The standard InChI is InChI=1S/C15H25NO2/c1-3-17-15(18-4-2)12-14(10-11-16)13-8-6-5-7-9-13/h5-9,14-15H,3-4,10-12,16H2,1-2H3. The zero-order valence-electron chi connectivity index (χ0n) is 11.5. The van der Waals surface area contributed by atoms with Gasteiger partial charge in [0.25, 0.3) is 0 Å². The van der Waals surface area contributed by atoms with Crippen LogP contribution < -0.4 is 5.73 Å². The van der Waals surface area contributed by atoms with E-state index in [4.69, 9.17) is 15.2 Å². The van der Waals surface area contributed by atoms with E-state index < -0.39 is 0 Å². The molecule has 0 aliphatic rings. The first-order valence-corrected chi connectivity index (χ1v) is 6.80. The Morgan fingerprint density at radius 2 is 1.67 bits per heavy atom. The van der Waals surface area contributed by atoms with Gasteiger partial charge in [-0.25, -0.2) is 0 Å². The summed E-state index contributed by atoms with van der Waals surface area (Å²) in [6.45, 7) is 6.02. The van der Waals surface area contributed by atoms with Gasteiger partial charge in [0.2, 0.25) is 0 Å². The molecule has 0 aliphatic carbocycles. The van der Waals surface area contributed by atoms with Crippen molar-refractivity contribution in [3.8, 4) is 0 Å². The second kappa shape index (κ2) is 9.09. The maximum Gasteiger partial charge on any atom is 0.158 e. The molecule has 0 bridgehead atoms. The molecule has 1 unspecified atom stereocenters. The first-order chi connectivity index (χ1) is 8.81. The van der Waals surface area contributed by atoms with E-state index in [0.29, 0.717) is 25.7 Å². The van der Waals surface area contributed by atoms with Crippen molar-refractivity contribution in [1.82, 2.24) is 0 Å². The molecular weight excluding hydrogens is 226 g/mol. The number of hydrogen-bond donors (Lipinski definition) is 1. The average molecular weight is 251 g/mol. The van der Waals surface area contributed by atoms with Crippen molar-refractivity contribution in [2.75, 3.05) is 19.8 Å². The van der Waals surface area contributed by atoms with Gasteiger partial charge in [0.1, 0.15) is 0 Å². The van der Waals surface area contributed by atoms with Crippen LogP contribution in [-0.4, -0.2) is 26.0 Å². The fourth-order valence-electron chi connectivity index (χ4n) is 2.14. The van der Waals surface area contributed by atoms with Crippen molar-refractivity contribution in [2.45, 2.75) is 38.9 Å². The minimum atomic E-state index is -0.128. The van der Waals surface area contributed by atoms with Gasteiger partial charge in [0.15, 0.2) is 6.29 Å². The Labute approximate surface area is 110 Å². The molecule has 3 nitrogen and oxygen atoms in total. The third-order valence-corrected chi connectivity index (χ3v) is 2.97. The predicted octanol–water partition coefficient (Wildman–Crippen LogP) is 2.91. The van der Waals surface area contributed by atoms with Crippen LogP contribution in [0, 0.1) is 0 Å². The van der Waals surface area contributed by atoms with E-state index in [1.165, 1.54) is 5.56 Å². The van der Waals surface area contributed by atoms with Crippen LogP contribution in [0.15, 0.2) is 30.3 Å². The molecule has 0 fully saturated rings. The van der Waals surface area contributed by atoms with Gasteiger partial charge in [-0.15, -0.1) is 0 Å². The van der Waals surface area contributed by atoms with E-state index in [1.807, 2.05) is 19.9 Å². The van der Waals surface area contributed by atoms with Crippen molar-refractivity contribution in [2.24, 2.45) is 5.73 Å². The monoisotopic (exact) mass is 251 g/mol. The maximum atomic E-state index is 5.71. The topological polar surface area (TPSA) is 44.5 Å². The smallest absolute Gasteiger partial charge is 0.158 e. The minimum absolute atomic E-state index is 0.128. The molecule has 3 heteroatoms. The Hall–Kier alpha value is -0.900. The van der Waals surface area contributed by atoms with Crippen molar-refractivity contribution < 1.29 is 9.47 Å². The second-order valence-electron chi connectivity index (χ2n) is 4.26. The van der Waals surface area contributed by atoms with Gasteiger partial charge in [-0.2, -0.15) is 0 Å². The molecule has 18 heavy (non-hydrogen) atoms. The molecule has 1 atom stereocenters. The molecule has 0 amide bonds. The zero-order chi connectivity index (χ0) is 13.2. The lowest BCUT2D eigenvalue weighted by molar-refractivity contribution is -0.142. The molecule has 2 N–H and O–H groups in total. The molecular formula is C15H25NO2. The molecule has 0 aliphatic heterocycles. The lowest BCUT2D eigenvalue weighted by Crippen LogP contribution is -2.22. The summed E-state index contributed by atoms with van der Waals surface area (Å²) in [6.07, 6.45) is 1.69. The lowest BCUT2D eigenvalue weighted by Gasteiger charge is -2.23. The van der Waals surface area contributed by atoms with Crippen LogP contribution in [-0.2, 0) is 9.47 Å². The van der Waals surface area contributed by atoms with Crippen molar-refractivity contribution in [1.29, 1.82) is 0 Å². The second-order valence-corrected chi connectivity index (χ2v) is 4.26. The van der Waals surface area contributed by atoms with Crippen molar-refractivity contribution >= 4 is 0 Å². The predicted molar refractivity (Wildman–Crippen MR) is 74.5 cm³/mol. The van der Waals surface area contributed by atoms with Gasteiger partial charge >= 0.3 is 0 Å². The van der Waals surface area contributed by atoms with Crippen LogP contribution in [0.3, 0.4) is 0 Å². The Bertz CT molecular complexity index is 297. The summed E-state index contributed by atoms with van der Waals surface area (Å²) in [7, 11) is 0. The molecule has 0 radical (unpaired) electrons. The third-order valence-electron chi connectivity index (χ3n) is 2.97. The number of nitrogens with two attached hydrogens (primary N) is 1. The summed E-state index contributed by atoms with van der Waals surface area (Å²) in [4.78, 5) is 0. The van der Waals surface area contributed by atoms with E-state index in [2.05, 4.69) is 24.3 Å². The Morgan fingerprint density at radius 1 is 1.06 bits per heavy atom. The van der Waals surface area contributed by atoms with Gasteiger partial charge in [0.05, 0.1) is 0 Å². The molecule has 0 saturated heterocycles. The quantitative estimate of drug-likeness (QED) is 0.686. The maximum absolute atomic E-state index is 5.71. The summed E-state index contributed by atoms with van der Waals surface area (Å²) in [6, 6.07) is 10.5. The molecule has 1 aromatic carbocycles. The van der Waals surface area contributed by atoms with E-state index in [0.717, 1.165) is 12.8 Å². The molecule has 0 saturated carbocycles. The molecule has 102 valence electrons. The molecule has 1 rings (SSSR count). The van der Waals surface area contributed by atoms with Crippen LogP contribution in [0.25, 0.3) is 0 Å². The summed E-state index contributed by atoms with van der Waals surface area (Å²) in [5, 5.41) is 0. The highest BCUT2D eigenvalue weighted by Gasteiger charge is 2.18. The lowest BCUT2D eigenvalue weighted by atomic mass is 9.92. The molecule has 0 heterocycles. The highest BCUT2D eigenvalue weighted by molar-refractivity contribution is 5.19. The van der Waals surface area contributed by atoms with Gasteiger partial charge in [0, 0.05) is 19.6 Å². The summed E-state index contributed by atoms with van der Waals surface area (Å²) < 4.78 is 11.2. The average Bonchev–Trinajstić information content (AvgIpc) is 2.40. The zero-order valence-corrected chi connectivity index (χ0v) is 11.5. The first-order valence-electron chi connectivity index (χ1n) is 6.80. The van der Waals surface area contributed by atoms with Gasteiger partial charge in [-0.05, 0) is 38.3 Å². The Kier molecular flexibility index (Phi) is 7.65. The Balaban J connectivity index is 2.66. The van der Waals surface area contributed by atoms with Crippen LogP contribution in [0.1, 0.15) is 38.2 Å². The summed E-state index contributed by atoms with van der Waals surface area (Å²) in [5.74, 6) is 0.402. The largest absolute Gasteiger partial charge is 0.353 e. The molecule has 0 spiro atoms. The normalized spacial score (nSPS) is 12.9. The summed E-state index contributed by atoms with van der Waals surface area (Å²) >= 11 is 0. The van der Waals surface area contributed by atoms with E-state index in [1.54, 1.807) is 0 Å². The number of ether oxygens (including phenoxy) is 2. The minimum Gasteiger partial charge on any atom is -0.353 e. The molecule has 0 aromatic heterocycles. The summed E-state index contributed by atoms with van der Waals surface area (Å²) in [5.41, 5.74) is 7.02. The van der Waals surface area contributed by atoms with Crippen LogP contribution in [0.2, 0.25) is 0 Å². The number of rotatable bonds is 9. The van der Waals surface area contributed by atoms with E-state index in [9.17, 15) is 0 Å². The highest BCUT2D eigenvalue weighted by Crippen LogP contribution is 2.25. The number of benzene rings is 1. The van der Waals surface area contributed by atoms with Crippen LogP contribution in [0.4, 0.5) is 0 Å². The third kappa shape index (κ3) is 5.17. The van der Waals surface area contributed by atoms with Crippen LogP contribution in [0.5, 0.6) is 0 Å². The van der Waals surface area contributed by atoms with E-state index >= 15 is 0 Å². The van der Waals surface area contributed by atoms with Gasteiger partial charge in [-0.3, -0.25) is 0 Å². The van der Waals surface area contributed by atoms with Crippen molar-refractivity contribution in [3.05, 3.63) is 35.9 Å². The SMILES string of the molecule is CCOC(CC(CCN)c1ccccc1)OCC. The number of hydrogen-bond acceptors (Lipinski definition) is 3. The van der Waals surface area contributed by atoms with Gasteiger partial charge < -0.3 is 15.2 Å². The highest BCUT2D eigenvalue weighted by atomic mass is 16.7. The van der Waals surface area contributed by atoms with Crippen molar-refractivity contribution in [3.63, 3.8) is 0 Å². The van der Waals surface area contributed by atoms with E-state index in [-0.39, 0.29) is 6.29 Å². The van der Waals surface area contributed by atoms with Gasteiger partial charge in [-0.1, -0.05) is 30.3 Å². The fraction of sp³-hybridized carbons (Fsp3) is 0.600. The first kappa shape index (κ1) is 15.2. The molecule has 1 aromatic rings. The van der Waals surface area contributed by atoms with Crippen LogP contribution >= 0.6 is 0 Å². The fourth-order valence-corrected chi connectivity index (χ4v) is 2.14. The Morgan fingerprint density at radius 3 is 2.17 bits per heavy atom.